The maximum Gasteiger partial charge on any atom is 0.291 e. The molecule has 2 N–H and O–H groups in total. The predicted molar refractivity (Wildman–Crippen MR) is 124 cm³/mol. The number of amides is 2. The molecule has 0 fully saturated rings. The van der Waals surface area contributed by atoms with Crippen LogP contribution in [0.15, 0.2) is 102 Å². The van der Waals surface area contributed by atoms with Gasteiger partial charge in [-0.2, -0.15) is 0 Å². The number of rotatable bonds is 7. The number of hydrogen-bond acceptors (Lipinski definition) is 4. The van der Waals surface area contributed by atoms with Gasteiger partial charge in [0.2, 0.25) is 0 Å². The molecule has 32 heavy (non-hydrogen) atoms. The van der Waals surface area contributed by atoms with E-state index in [1.54, 1.807) is 43.3 Å². The number of carbonyl (C=O) groups excluding carboxylic acids is 2. The van der Waals surface area contributed by atoms with Crippen molar-refractivity contribution in [1.29, 1.82) is 0 Å². The van der Waals surface area contributed by atoms with Gasteiger partial charge in [-0.3, -0.25) is 9.59 Å². The Balaban J connectivity index is 1.35. The first-order chi connectivity index (χ1) is 15.6. The molecule has 0 aliphatic rings. The summed E-state index contributed by atoms with van der Waals surface area (Å²) in [5, 5.41) is 5.54. The van der Waals surface area contributed by atoms with E-state index in [9.17, 15) is 9.59 Å². The molecule has 1 aromatic heterocycles. The van der Waals surface area contributed by atoms with Crippen molar-refractivity contribution in [2.75, 3.05) is 10.6 Å². The normalized spacial score (nSPS) is 11.4. The molecule has 0 aliphatic carbocycles. The van der Waals surface area contributed by atoms with Gasteiger partial charge in [0.25, 0.3) is 11.8 Å². The van der Waals surface area contributed by atoms with Crippen molar-refractivity contribution in [2.45, 2.75) is 13.0 Å². The summed E-state index contributed by atoms with van der Waals surface area (Å²) in [5.74, 6) is 0.146. The fourth-order valence-corrected chi connectivity index (χ4v) is 3.13. The average Bonchev–Trinajstić information content (AvgIpc) is 3.36. The van der Waals surface area contributed by atoms with Crippen molar-refractivity contribution in [3.63, 3.8) is 0 Å². The van der Waals surface area contributed by atoms with Gasteiger partial charge in [-0.05, 0) is 60.5 Å². The zero-order chi connectivity index (χ0) is 22.3. The van der Waals surface area contributed by atoms with Crippen LogP contribution in [0, 0.1) is 0 Å². The highest BCUT2D eigenvalue weighted by atomic mass is 16.5. The van der Waals surface area contributed by atoms with E-state index in [0.29, 0.717) is 17.1 Å². The smallest absolute Gasteiger partial charge is 0.291 e. The first-order valence-corrected chi connectivity index (χ1v) is 10.2. The lowest BCUT2D eigenvalue weighted by molar-refractivity contribution is -0.122. The lowest BCUT2D eigenvalue weighted by Gasteiger charge is -2.15. The summed E-state index contributed by atoms with van der Waals surface area (Å²) >= 11 is 0. The molecule has 0 radical (unpaired) electrons. The number of ether oxygens (including phenoxy) is 1. The Labute approximate surface area is 185 Å². The average molecular weight is 426 g/mol. The van der Waals surface area contributed by atoms with Crippen molar-refractivity contribution in [3.05, 3.63) is 103 Å². The Morgan fingerprint density at radius 3 is 2.16 bits per heavy atom. The van der Waals surface area contributed by atoms with Crippen LogP contribution in [0.25, 0.3) is 11.1 Å². The second kappa shape index (κ2) is 9.66. The number of carbonyl (C=O) groups is 2. The summed E-state index contributed by atoms with van der Waals surface area (Å²) in [6.07, 6.45) is 0.723. The van der Waals surface area contributed by atoms with Gasteiger partial charge in [-0.25, -0.2) is 0 Å². The monoisotopic (exact) mass is 426 g/mol. The van der Waals surface area contributed by atoms with Crippen molar-refractivity contribution >= 4 is 23.2 Å². The summed E-state index contributed by atoms with van der Waals surface area (Å²) in [4.78, 5) is 24.7. The van der Waals surface area contributed by atoms with E-state index >= 15 is 0 Å². The van der Waals surface area contributed by atoms with Crippen molar-refractivity contribution in [3.8, 4) is 16.9 Å². The zero-order valence-corrected chi connectivity index (χ0v) is 17.4. The number of benzene rings is 3. The van der Waals surface area contributed by atoms with Crippen LogP contribution in [0.5, 0.6) is 5.75 Å². The van der Waals surface area contributed by atoms with Gasteiger partial charge >= 0.3 is 0 Å². The Morgan fingerprint density at radius 2 is 1.47 bits per heavy atom. The van der Waals surface area contributed by atoms with Crippen molar-refractivity contribution in [2.24, 2.45) is 0 Å². The van der Waals surface area contributed by atoms with E-state index in [0.717, 1.165) is 11.1 Å². The van der Waals surface area contributed by atoms with Crippen LogP contribution in [0.1, 0.15) is 17.5 Å². The molecule has 2 amide bonds. The maximum absolute atomic E-state index is 12.6. The van der Waals surface area contributed by atoms with Crippen molar-refractivity contribution < 1.29 is 18.7 Å². The molecule has 4 rings (SSSR count). The molecular weight excluding hydrogens is 404 g/mol. The molecule has 0 bridgehead atoms. The number of anilines is 2. The zero-order valence-electron chi connectivity index (χ0n) is 17.4. The third-order valence-corrected chi connectivity index (χ3v) is 4.78. The van der Waals surface area contributed by atoms with Crippen LogP contribution in [0.3, 0.4) is 0 Å². The fraction of sp³-hybridized carbons (Fsp3) is 0.0769. The minimum absolute atomic E-state index is 0.208. The molecule has 0 saturated heterocycles. The first kappa shape index (κ1) is 20.9. The molecule has 0 aliphatic heterocycles. The van der Waals surface area contributed by atoms with E-state index in [-0.39, 0.29) is 17.6 Å². The Bertz CT molecular complexity index is 1190. The summed E-state index contributed by atoms with van der Waals surface area (Å²) < 4.78 is 10.9. The highest BCUT2D eigenvalue weighted by Crippen LogP contribution is 2.23. The third kappa shape index (κ3) is 5.23. The highest BCUT2D eigenvalue weighted by Gasteiger charge is 2.16. The number of furan rings is 1. The molecule has 1 heterocycles. The molecule has 1 atom stereocenters. The van der Waals surface area contributed by atoms with E-state index < -0.39 is 6.10 Å². The molecule has 3 aromatic carbocycles. The van der Waals surface area contributed by atoms with Gasteiger partial charge in [0.15, 0.2) is 11.9 Å². The van der Waals surface area contributed by atoms with Gasteiger partial charge in [-0.15, -0.1) is 0 Å². The largest absolute Gasteiger partial charge is 0.481 e. The lowest BCUT2D eigenvalue weighted by atomic mass is 10.1. The third-order valence-electron chi connectivity index (χ3n) is 4.78. The fourth-order valence-electron chi connectivity index (χ4n) is 3.13. The quantitative estimate of drug-likeness (QED) is 0.403. The summed E-state index contributed by atoms with van der Waals surface area (Å²) in [7, 11) is 0. The molecule has 160 valence electrons. The van der Waals surface area contributed by atoms with Crippen LogP contribution in [-0.2, 0) is 4.79 Å². The Hall–Kier alpha value is -4.32. The van der Waals surface area contributed by atoms with Crippen LogP contribution >= 0.6 is 0 Å². The molecule has 6 heteroatoms. The number of hydrogen-bond donors (Lipinski definition) is 2. The van der Waals surface area contributed by atoms with Gasteiger partial charge in [0.05, 0.1) is 6.26 Å². The molecule has 0 saturated carbocycles. The van der Waals surface area contributed by atoms with Crippen molar-refractivity contribution in [1.82, 2.24) is 0 Å². The molecule has 1 unspecified atom stereocenters. The molecule has 4 aromatic rings. The van der Waals surface area contributed by atoms with Gasteiger partial charge in [0.1, 0.15) is 5.75 Å². The summed E-state index contributed by atoms with van der Waals surface area (Å²) in [5.41, 5.74) is 3.27. The van der Waals surface area contributed by atoms with Crippen LogP contribution < -0.4 is 15.4 Å². The minimum atomic E-state index is -0.709. The predicted octanol–water partition coefficient (Wildman–Crippen LogP) is 5.60. The lowest BCUT2D eigenvalue weighted by Crippen LogP contribution is -2.30. The SMILES string of the molecule is CC(Oc1ccc(-c2ccccc2)cc1)C(=O)Nc1cccc(NC(=O)c2ccco2)c1. The Kier molecular flexibility index (Phi) is 6.32. The summed E-state index contributed by atoms with van der Waals surface area (Å²) in [6.45, 7) is 1.68. The van der Waals surface area contributed by atoms with Gasteiger partial charge < -0.3 is 19.8 Å². The van der Waals surface area contributed by atoms with Crippen LogP contribution in [0.2, 0.25) is 0 Å². The second-order valence-corrected chi connectivity index (χ2v) is 7.15. The maximum atomic E-state index is 12.6. The minimum Gasteiger partial charge on any atom is -0.481 e. The first-order valence-electron chi connectivity index (χ1n) is 10.2. The Morgan fingerprint density at radius 1 is 0.781 bits per heavy atom. The van der Waals surface area contributed by atoms with Crippen LogP contribution in [0.4, 0.5) is 11.4 Å². The summed E-state index contributed by atoms with van der Waals surface area (Å²) in [6, 6.07) is 27.7. The van der Waals surface area contributed by atoms with Gasteiger partial charge in [0, 0.05) is 11.4 Å². The van der Waals surface area contributed by atoms with Crippen LogP contribution in [-0.4, -0.2) is 17.9 Å². The molecular formula is C26H22N2O4. The van der Waals surface area contributed by atoms with E-state index in [4.69, 9.17) is 9.15 Å². The molecule has 0 spiro atoms. The van der Waals surface area contributed by atoms with E-state index in [2.05, 4.69) is 10.6 Å². The highest BCUT2D eigenvalue weighted by molar-refractivity contribution is 6.03. The second-order valence-electron chi connectivity index (χ2n) is 7.15. The van der Waals surface area contributed by atoms with E-state index in [1.165, 1.54) is 6.26 Å². The van der Waals surface area contributed by atoms with Gasteiger partial charge in [-0.1, -0.05) is 48.5 Å². The topological polar surface area (TPSA) is 80.6 Å². The molecule has 6 nitrogen and oxygen atoms in total. The standard InChI is InChI=1S/C26H22N2O4/c1-18(32-23-14-12-20(13-15-23)19-7-3-2-4-8-19)25(29)27-21-9-5-10-22(17-21)28-26(30)24-11-6-16-31-24/h2-18H,1H3,(H,27,29)(H,28,30). The van der Waals surface area contributed by atoms with E-state index in [1.807, 2.05) is 54.6 Å². The number of nitrogens with one attached hydrogen (secondary N) is 2.